The minimum atomic E-state index is -0.345. The highest BCUT2D eigenvalue weighted by Gasteiger charge is 2.35. The van der Waals surface area contributed by atoms with Crippen LogP contribution < -0.4 is 4.90 Å². The van der Waals surface area contributed by atoms with Gasteiger partial charge in [-0.3, -0.25) is 14.6 Å². The molecule has 0 fully saturated rings. The van der Waals surface area contributed by atoms with Gasteiger partial charge < -0.3 is 14.2 Å². The smallest absolute Gasteiger partial charge is 0.244 e. The summed E-state index contributed by atoms with van der Waals surface area (Å²) in [5.41, 5.74) is 2.10. The van der Waals surface area contributed by atoms with E-state index in [-0.39, 0.29) is 41.0 Å². The summed E-state index contributed by atoms with van der Waals surface area (Å²) >= 11 is 0. The van der Waals surface area contributed by atoms with Crippen LogP contribution >= 0.6 is 0 Å². The van der Waals surface area contributed by atoms with Crippen molar-refractivity contribution in [1.82, 2.24) is 9.88 Å². The molecule has 136 valence electrons. The first-order chi connectivity index (χ1) is 12.4. The number of fused-ring (bicyclic) bond motifs is 1. The van der Waals surface area contributed by atoms with Crippen molar-refractivity contribution in [3.8, 4) is 11.5 Å². The van der Waals surface area contributed by atoms with Crippen LogP contribution in [0.3, 0.4) is 0 Å². The molecule has 1 aromatic carbocycles. The van der Waals surface area contributed by atoms with E-state index in [1.807, 2.05) is 62.3 Å². The summed E-state index contributed by atoms with van der Waals surface area (Å²) in [7, 11) is 7.76. The van der Waals surface area contributed by atoms with Crippen LogP contribution in [-0.2, 0) is 0 Å². The number of likely N-dealkylation sites (N-methyl/N-ethyl adjacent to an activating group) is 1. The summed E-state index contributed by atoms with van der Waals surface area (Å²) in [5.74, 6) is -0.307. The predicted octanol–water partition coefficient (Wildman–Crippen LogP) is 2.18. The van der Waals surface area contributed by atoms with Crippen LogP contribution in [0.25, 0.3) is 11.5 Å². The molecule has 3 rings (SSSR count). The largest absolute Gasteiger partial charge is 0.432 e. The summed E-state index contributed by atoms with van der Waals surface area (Å²) in [6.45, 7) is 1.17. The highest BCUT2D eigenvalue weighted by Crippen LogP contribution is 2.28. The van der Waals surface area contributed by atoms with Gasteiger partial charge in [-0.2, -0.15) is 0 Å². The Hall–Kier alpha value is -2.80. The van der Waals surface area contributed by atoms with Gasteiger partial charge in [0.15, 0.2) is 11.5 Å². The zero-order valence-electron chi connectivity index (χ0n) is 15.4. The monoisotopic (exact) mass is 354 g/mol. The van der Waals surface area contributed by atoms with Gasteiger partial charge in [0.25, 0.3) is 0 Å². The second-order valence-electron chi connectivity index (χ2n) is 6.70. The highest BCUT2D eigenvalue weighted by molar-refractivity contribution is 6.51. The number of anilines is 1. The summed E-state index contributed by atoms with van der Waals surface area (Å²) in [6.07, 6.45) is -0.0230. The number of nitrogens with zero attached hydrogens (tertiary/aromatic N) is 4. The van der Waals surface area contributed by atoms with Crippen molar-refractivity contribution >= 4 is 23.0 Å². The fourth-order valence-electron chi connectivity index (χ4n) is 2.65. The summed E-state index contributed by atoms with van der Waals surface area (Å²) < 4.78 is 5.65. The third kappa shape index (κ3) is 3.57. The molecule has 0 radical (unpaired) electrons. The van der Waals surface area contributed by atoms with Gasteiger partial charge in [-0.1, -0.05) is 0 Å². The fourth-order valence-corrected chi connectivity index (χ4v) is 2.65. The Balaban J connectivity index is 1.88. The molecule has 0 saturated carbocycles. The molecule has 0 saturated heterocycles. The van der Waals surface area contributed by atoms with Gasteiger partial charge in [-0.25, -0.2) is 4.98 Å². The Kier molecular flexibility index (Phi) is 4.99. The van der Waals surface area contributed by atoms with E-state index in [1.54, 1.807) is 0 Å². The molecule has 1 heterocycles. The van der Waals surface area contributed by atoms with Crippen molar-refractivity contribution in [2.24, 2.45) is 4.99 Å². The van der Waals surface area contributed by atoms with Crippen LogP contribution in [-0.4, -0.2) is 68.4 Å². The normalized spacial score (nSPS) is 15.7. The first kappa shape index (κ1) is 18.0. The molecular formula is C19H22N4O3. The van der Waals surface area contributed by atoms with Crippen molar-refractivity contribution < 1.29 is 14.0 Å². The molecule has 0 N–H and O–H groups in total. The van der Waals surface area contributed by atoms with E-state index in [1.165, 1.54) is 0 Å². The van der Waals surface area contributed by atoms with Gasteiger partial charge >= 0.3 is 0 Å². The number of ketones is 2. The van der Waals surface area contributed by atoms with E-state index in [2.05, 4.69) is 9.98 Å². The van der Waals surface area contributed by atoms with Gasteiger partial charge in [0, 0.05) is 31.9 Å². The van der Waals surface area contributed by atoms with Crippen LogP contribution in [0.15, 0.2) is 33.7 Å². The van der Waals surface area contributed by atoms with Crippen LogP contribution in [0.1, 0.15) is 27.5 Å². The molecule has 0 aliphatic heterocycles. The van der Waals surface area contributed by atoms with Crippen molar-refractivity contribution in [2.75, 3.05) is 46.2 Å². The van der Waals surface area contributed by atoms with Crippen molar-refractivity contribution in [2.45, 2.75) is 6.42 Å². The molecule has 26 heavy (non-hydrogen) atoms. The maximum atomic E-state index is 12.6. The quantitative estimate of drug-likeness (QED) is 0.819. The lowest BCUT2D eigenvalue weighted by Crippen LogP contribution is -2.27. The van der Waals surface area contributed by atoms with Crippen LogP contribution in [0.4, 0.5) is 5.69 Å². The number of rotatable bonds is 5. The number of oxazole rings is 1. The Labute approximate surface area is 152 Å². The Bertz CT molecular complexity index is 863. The molecule has 7 heteroatoms. The minimum Gasteiger partial charge on any atom is -0.432 e. The number of hydrogen-bond acceptors (Lipinski definition) is 7. The van der Waals surface area contributed by atoms with Gasteiger partial charge in [-0.05, 0) is 38.4 Å². The molecular weight excluding hydrogens is 332 g/mol. The Morgan fingerprint density at radius 3 is 2.42 bits per heavy atom. The Morgan fingerprint density at radius 2 is 1.81 bits per heavy atom. The number of aliphatic imine (C=N–C) groups is 1. The first-order valence-electron chi connectivity index (χ1n) is 8.41. The average Bonchev–Trinajstić information content (AvgIpc) is 3.05. The maximum Gasteiger partial charge on any atom is 0.244 e. The van der Waals surface area contributed by atoms with Gasteiger partial charge in [0.05, 0.1) is 18.7 Å². The van der Waals surface area contributed by atoms with Crippen LogP contribution in [0.5, 0.6) is 0 Å². The first-order valence-corrected chi connectivity index (χ1v) is 8.41. The molecule has 7 nitrogen and oxygen atoms in total. The van der Waals surface area contributed by atoms with E-state index >= 15 is 0 Å². The molecule has 1 aliphatic carbocycles. The molecule has 0 unspecified atom stereocenters. The van der Waals surface area contributed by atoms with Crippen molar-refractivity contribution in [3.05, 3.63) is 35.7 Å². The predicted molar refractivity (Wildman–Crippen MR) is 100 cm³/mol. The van der Waals surface area contributed by atoms with Crippen LogP contribution in [0.2, 0.25) is 0 Å². The zero-order valence-corrected chi connectivity index (χ0v) is 15.4. The summed E-state index contributed by atoms with van der Waals surface area (Å²) in [5, 5.41) is 0. The second kappa shape index (κ2) is 7.21. The third-order valence-electron chi connectivity index (χ3n) is 4.17. The number of Topliss-reactive ketones (excluding diaryl/α,β-unsaturated/α-hetero) is 2. The molecule has 1 aromatic heterocycles. The number of hydrogen-bond donors (Lipinski definition) is 0. The number of carbonyl (C=O) groups excluding carboxylic acids is 2. The van der Waals surface area contributed by atoms with Crippen LogP contribution in [0, 0.1) is 0 Å². The highest BCUT2D eigenvalue weighted by atomic mass is 16.4. The zero-order chi connectivity index (χ0) is 18.8. The number of carbonyl (C=O) groups is 2. The molecule has 0 atom stereocenters. The molecule has 0 bridgehead atoms. The molecule has 2 aromatic rings. The SMILES string of the molecule is CN(C)CCN=C1CC(=O)c2nc(-c3ccc(N(C)C)cc3)oc2C1=O. The lowest BCUT2D eigenvalue weighted by molar-refractivity contribution is 0.0949. The number of aromatic nitrogens is 1. The fraction of sp³-hybridized carbons (Fsp3) is 0.368. The lowest BCUT2D eigenvalue weighted by Gasteiger charge is -2.11. The molecule has 0 amide bonds. The minimum absolute atomic E-state index is 0.00320. The lowest BCUT2D eigenvalue weighted by atomic mass is 9.97. The summed E-state index contributed by atoms with van der Waals surface area (Å²) in [4.78, 5) is 37.4. The van der Waals surface area contributed by atoms with Crippen molar-refractivity contribution in [1.29, 1.82) is 0 Å². The van der Waals surface area contributed by atoms with E-state index < -0.39 is 0 Å². The van der Waals surface area contributed by atoms with E-state index in [4.69, 9.17) is 4.42 Å². The van der Waals surface area contributed by atoms with Crippen molar-refractivity contribution in [3.63, 3.8) is 0 Å². The maximum absolute atomic E-state index is 12.6. The topological polar surface area (TPSA) is 79.0 Å². The van der Waals surface area contributed by atoms with E-state index in [0.717, 1.165) is 11.3 Å². The average molecular weight is 354 g/mol. The molecule has 1 aliphatic rings. The van der Waals surface area contributed by atoms with Gasteiger partial charge in [0.1, 0.15) is 0 Å². The Morgan fingerprint density at radius 1 is 1.12 bits per heavy atom. The van der Waals surface area contributed by atoms with E-state index in [0.29, 0.717) is 13.1 Å². The summed E-state index contributed by atoms with van der Waals surface area (Å²) in [6, 6.07) is 7.56. The molecule has 0 spiro atoms. The van der Waals surface area contributed by atoms with Gasteiger partial charge in [0.2, 0.25) is 17.4 Å². The van der Waals surface area contributed by atoms with Gasteiger partial charge in [-0.15, -0.1) is 0 Å². The third-order valence-corrected chi connectivity index (χ3v) is 4.17. The second-order valence-corrected chi connectivity index (χ2v) is 6.70. The number of benzene rings is 1. The van der Waals surface area contributed by atoms with E-state index in [9.17, 15) is 9.59 Å². The standard InChI is InChI=1S/C19H22N4O3/c1-22(2)10-9-20-14-11-15(24)16-18(17(14)25)26-19(21-16)12-5-7-13(8-6-12)23(3)4/h5-8H,9-11H2,1-4H3.